The third-order valence-corrected chi connectivity index (χ3v) is 3.91. The van der Waals surface area contributed by atoms with Crippen LogP contribution in [0.3, 0.4) is 0 Å². The molecule has 1 saturated heterocycles. The number of benzene rings is 1. The van der Waals surface area contributed by atoms with Gasteiger partial charge >= 0.3 is 0 Å². The van der Waals surface area contributed by atoms with Crippen molar-refractivity contribution >= 4 is 11.8 Å². The summed E-state index contributed by atoms with van der Waals surface area (Å²) in [5.41, 5.74) is 1.50. The molecular weight excluding hydrogens is 294 g/mol. The van der Waals surface area contributed by atoms with Gasteiger partial charge in [-0.2, -0.15) is 5.10 Å². The minimum Gasteiger partial charge on any atom is -0.352 e. The highest BCUT2D eigenvalue weighted by atomic mass is 16.2. The van der Waals surface area contributed by atoms with Crippen molar-refractivity contribution in [3.63, 3.8) is 0 Å². The van der Waals surface area contributed by atoms with Gasteiger partial charge in [0, 0.05) is 36.7 Å². The van der Waals surface area contributed by atoms with Gasteiger partial charge < -0.3 is 10.6 Å². The number of nitrogens with one attached hydrogen (secondary N) is 2. The predicted octanol–water partition coefficient (Wildman–Crippen LogP) is 0.973. The van der Waals surface area contributed by atoms with Gasteiger partial charge in [-0.25, -0.2) is 9.67 Å². The average Bonchev–Trinajstić information content (AvgIpc) is 3.21. The van der Waals surface area contributed by atoms with E-state index in [1.54, 1.807) is 16.8 Å². The fraction of sp³-hybridized carbons (Fsp3) is 0.375. The number of aromatic nitrogens is 3. The van der Waals surface area contributed by atoms with Crippen LogP contribution in [0.4, 0.5) is 0 Å². The van der Waals surface area contributed by atoms with Crippen LogP contribution in [0.2, 0.25) is 0 Å². The number of carbonyl (C=O) groups excluding carboxylic acids is 2. The van der Waals surface area contributed by atoms with Crippen LogP contribution in [-0.2, 0) is 11.3 Å². The van der Waals surface area contributed by atoms with E-state index in [-0.39, 0.29) is 17.9 Å². The first-order valence-electron chi connectivity index (χ1n) is 7.73. The Morgan fingerprint density at radius 2 is 2.17 bits per heavy atom. The third kappa shape index (κ3) is 3.39. The van der Waals surface area contributed by atoms with Gasteiger partial charge in [0.2, 0.25) is 5.91 Å². The summed E-state index contributed by atoms with van der Waals surface area (Å²) in [5.74, 6) is 0.691. The second-order valence-electron chi connectivity index (χ2n) is 5.49. The van der Waals surface area contributed by atoms with E-state index in [0.29, 0.717) is 18.5 Å². The summed E-state index contributed by atoms with van der Waals surface area (Å²) in [6.07, 6.45) is 2.83. The Labute approximate surface area is 134 Å². The zero-order chi connectivity index (χ0) is 16.2. The zero-order valence-electron chi connectivity index (χ0n) is 13.0. The standard InChI is InChI=1S/C16H19N5O2/c1-2-21-15(18-10-19-21)11-3-5-12(6-4-11)16(23)17-9-13-7-8-14(22)20-13/h3-6,10,13H,2,7-9H2,1H3,(H,17,23)(H,20,22)/t13-/m1/s1. The molecule has 7 nitrogen and oxygen atoms in total. The smallest absolute Gasteiger partial charge is 0.251 e. The van der Waals surface area contributed by atoms with Crippen LogP contribution in [0, 0.1) is 0 Å². The van der Waals surface area contributed by atoms with Crippen molar-refractivity contribution in [1.29, 1.82) is 0 Å². The summed E-state index contributed by atoms with van der Waals surface area (Å²) in [6.45, 7) is 3.20. The van der Waals surface area contributed by atoms with Crippen LogP contribution in [-0.4, -0.2) is 39.2 Å². The van der Waals surface area contributed by atoms with E-state index in [2.05, 4.69) is 20.7 Å². The van der Waals surface area contributed by atoms with E-state index < -0.39 is 0 Å². The van der Waals surface area contributed by atoms with Gasteiger partial charge in [-0.1, -0.05) is 12.1 Å². The highest BCUT2D eigenvalue weighted by Gasteiger charge is 2.21. The number of aryl methyl sites for hydroxylation is 1. The Bertz CT molecular complexity index is 708. The molecule has 0 aliphatic carbocycles. The maximum atomic E-state index is 12.1. The van der Waals surface area contributed by atoms with Gasteiger partial charge in [0.15, 0.2) is 5.82 Å². The lowest BCUT2D eigenvalue weighted by Crippen LogP contribution is -2.38. The molecule has 2 aromatic rings. The van der Waals surface area contributed by atoms with Crippen LogP contribution in [0.5, 0.6) is 0 Å². The van der Waals surface area contributed by atoms with E-state index in [4.69, 9.17) is 0 Å². The average molecular weight is 313 g/mol. The van der Waals surface area contributed by atoms with Crippen molar-refractivity contribution in [3.05, 3.63) is 36.2 Å². The molecule has 0 bridgehead atoms. The van der Waals surface area contributed by atoms with E-state index in [0.717, 1.165) is 24.4 Å². The van der Waals surface area contributed by atoms with Crippen LogP contribution < -0.4 is 10.6 Å². The number of carbonyl (C=O) groups is 2. The molecule has 23 heavy (non-hydrogen) atoms. The van der Waals surface area contributed by atoms with Crippen molar-refractivity contribution in [1.82, 2.24) is 25.4 Å². The van der Waals surface area contributed by atoms with Crippen LogP contribution in [0.1, 0.15) is 30.1 Å². The largest absolute Gasteiger partial charge is 0.352 e. The molecule has 2 amide bonds. The van der Waals surface area contributed by atoms with Gasteiger partial charge in [-0.3, -0.25) is 9.59 Å². The zero-order valence-corrected chi connectivity index (χ0v) is 13.0. The first kappa shape index (κ1) is 15.2. The Kier molecular flexibility index (Phi) is 4.36. The summed E-state index contributed by atoms with van der Waals surface area (Å²) in [4.78, 5) is 27.5. The van der Waals surface area contributed by atoms with Gasteiger partial charge in [0.1, 0.15) is 6.33 Å². The SMILES string of the molecule is CCn1ncnc1-c1ccc(C(=O)NC[C@H]2CCC(=O)N2)cc1. The van der Waals surface area contributed by atoms with E-state index in [1.807, 2.05) is 19.1 Å². The molecule has 2 heterocycles. The maximum Gasteiger partial charge on any atom is 0.251 e. The van der Waals surface area contributed by atoms with Gasteiger partial charge in [-0.15, -0.1) is 0 Å². The monoisotopic (exact) mass is 313 g/mol. The minimum atomic E-state index is -0.144. The highest BCUT2D eigenvalue weighted by molar-refractivity contribution is 5.94. The minimum absolute atomic E-state index is 0.0360. The molecule has 0 spiro atoms. The molecule has 1 atom stereocenters. The number of hydrogen-bond donors (Lipinski definition) is 2. The lowest BCUT2D eigenvalue weighted by molar-refractivity contribution is -0.119. The lowest BCUT2D eigenvalue weighted by atomic mass is 10.1. The molecule has 3 rings (SSSR count). The molecule has 1 aromatic carbocycles. The Balaban J connectivity index is 1.62. The summed E-state index contributed by atoms with van der Waals surface area (Å²) in [6, 6.07) is 7.30. The quantitative estimate of drug-likeness (QED) is 0.861. The number of rotatable bonds is 5. The molecule has 120 valence electrons. The molecule has 7 heteroatoms. The predicted molar refractivity (Wildman–Crippen MR) is 84.6 cm³/mol. The topological polar surface area (TPSA) is 88.9 Å². The van der Waals surface area contributed by atoms with E-state index >= 15 is 0 Å². The second kappa shape index (κ2) is 6.60. The molecular formula is C16H19N5O2. The molecule has 1 aliphatic heterocycles. The van der Waals surface area contributed by atoms with Crippen molar-refractivity contribution in [2.45, 2.75) is 32.4 Å². The summed E-state index contributed by atoms with van der Waals surface area (Å²) in [5, 5.41) is 9.82. The fourth-order valence-corrected chi connectivity index (χ4v) is 2.64. The van der Waals surface area contributed by atoms with Gasteiger partial charge in [-0.05, 0) is 25.5 Å². The van der Waals surface area contributed by atoms with Gasteiger partial charge in [0.25, 0.3) is 5.91 Å². The summed E-state index contributed by atoms with van der Waals surface area (Å²) in [7, 11) is 0. The molecule has 0 unspecified atom stereocenters. The first-order chi connectivity index (χ1) is 11.2. The molecule has 0 saturated carbocycles. The number of nitrogens with zero attached hydrogens (tertiary/aromatic N) is 3. The van der Waals surface area contributed by atoms with Crippen molar-refractivity contribution in [2.24, 2.45) is 0 Å². The van der Waals surface area contributed by atoms with Gasteiger partial charge in [0.05, 0.1) is 0 Å². The number of amides is 2. The second-order valence-corrected chi connectivity index (χ2v) is 5.49. The Morgan fingerprint density at radius 1 is 1.39 bits per heavy atom. The fourth-order valence-electron chi connectivity index (χ4n) is 2.64. The molecule has 1 aliphatic rings. The molecule has 0 radical (unpaired) electrons. The summed E-state index contributed by atoms with van der Waals surface area (Å²) >= 11 is 0. The number of hydrogen-bond acceptors (Lipinski definition) is 4. The third-order valence-electron chi connectivity index (χ3n) is 3.91. The van der Waals surface area contributed by atoms with E-state index in [1.165, 1.54) is 6.33 Å². The van der Waals surface area contributed by atoms with Crippen LogP contribution in [0.25, 0.3) is 11.4 Å². The van der Waals surface area contributed by atoms with Crippen molar-refractivity contribution in [2.75, 3.05) is 6.54 Å². The molecule has 1 aromatic heterocycles. The Morgan fingerprint density at radius 3 is 2.83 bits per heavy atom. The van der Waals surface area contributed by atoms with Crippen LogP contribution in [0.15, 0.2) is 30.6 Å². The molecule has 2 N–H and O–H groups in total. The first-order valence-corrected chi connectivity index (χ1v) is 7.73. The normalized spacial score (nSPS) is 17.1. The Hall–Kier alpha value is -2.70. The summed E-state index contributed by atoms with van der Waals surface area (Å²) < 4.78 is 1.80. The van der Waals surface area contributed by atoms with Crippen molar-refractivity contribution in [3.8, 4) is 11.4 Å². The highest BCUT2D eigenvalue weighted by Crippen LogP contribution is 2.17. The van der Waals surface area contributed by atoms with E-state index in [9.17, 15) is 9.59 Å². The van der Waals surface area contributed by atoms with Crippen molar-refractivity contribution < 1.29 is 9.59 Å². The molecule has 1 fully saturated rings. The maximum absolute atomic E-state index is 12.1. The van der Waals surface area contributed by atoms with Crippen LogP contribution >= 0.6 is 0 Å². The lowest BCUT2D eigenvalue weighted by Gasteiger charge is -2.11.